The van der Waals surface area contributed by atoms with Crippen LogP contribution in [0.5, 0.6) is 0 Å². The van der Waals surface area contributed by atoms with E-state index >= 15 is 0 Å². The molecule has 0 fully saturated rings. The molecule has 0 saturated heterocycles. The molecule has 1 unspecified atom stereocenters. The molecule has 0 aromatic heterocycles. The largest absolute Gasteiger partial charge is 0.468 e. The molecule has 0 spiro atoms. The van der Waals surface area contributed by atoms with Crippen molar-refractivity contribution < 1.29 is 14.6 Å². The molecule has 0 heterocycles. The van der Waals surface area contributed by atoms with Crippen LogP contribution in [0.3, 0.4) is 0 Å². The first-order chi connectivity index (χ1) is 9.76. The molecule has 1 atom stereocenters. The van der Waals surface area contributed by atoms with Gasteiger partial charge in [0.05, 0.1) is 13.7 Å². The van der Waals surface area contributed by atoms with Crippen LogP contribution in [0.25, 0.3) is 0 Å². The van der Waals surface area contributed by atoms with E-state index in [9.17, 15) is 4.79 Å². The average molecular weight is 277 g/mol. The maximum absolute atomic E-state index is 11.6. The summed E-state index contributed by atoms with van der Waals surface area (Å²) in [7, 11) is 1.42. The highest BCUT2D eigenvalue weighted by atomic mass is 16.5. The van der Waals surface area contributed by atoms with Crippen LogP contribution in [0.15, 0.2) is 24.3 Å². The number of esters is 1. The number of hydrogen-bond acceptors (Lipinski definition) is 4. The number of benzene rings is 1. The van der Waals surface area contributed by atoms with Gasteiger partial charge in [0.1, 0.15) is 0 Å². The highest BCUT2D eigenvalue weighted by molar-refractivity contribution is 5.71. The fourth-order valence-corrected chi connectivity index (χ4v) is 2.96. The SMILES string of the molecule is COC(=O)CN(CCCO)C1CCCc2ccccc21. The first kappa shape index (κ1) is 15.0. The van der Waals surface area contributed by atoms with Gasteiger partial charge in [0, 0.05) is 19.2 Å². The van der Waals surface area contributed by atoms with Crippen molar-refractivity contribution in [2.24, 2.45) is 0 Å². The summed E-state index contributed by atoms with van der Waals surface area (Å²) in [5, 5.41) is 9.06. The topological polar surface area (TPSA) is 49.8 Å². The zero-order valence-electron chi connectivity index (χ0n) is 12.0. The Labute approximate surface area is 120 Å². The molecule has 0 radical (unpaired) electrons. The zero-order valence-corrected chi connectivity index (χ0v) is 12.0. The van der Waals surface area contributed by atoms with Gasteiger partial charge < -0.3 is 9.84 Å². The van der Waals surface area contributed by atoms with Gasteiger partial charge >= 0.3 is 5.97 Å². The molecule has 0 saturated carbocycles. The second kappa shape index (κ2) is 7.41. The molecule has 4 nitrogen and oxygen atoms in total. The third-order valence-electron chi connectivity index (χ3n) is 3.94. The van der Waals surface area contributed by atoms with E-state index in [0.29, 0.717) is 13.0 Å². The van der Waals surface area contributed by atoms with Crippen LogP contribution in [0.4, 0.5) is 0 Å². The number of rotatable bonds is 6. The van der Waals surface area contributed by atoms with E-state index in [1.54, 1.807) is 0 Å². The van der Waals surface area contributed by atoms with E-state index in [4.69, 9.17) is 9.84 Å². The smallest absolute Gasteiger partial charge is 0.319 e. The average Bonchev–Trinajstić information content (AvgIpc) is 2.50. The number of ether oxygens (including phenoxy) is 1. The van der Waals surface area contributed by atoms with Crippen molar-refractivity contribution in [2.45, 2.75) is 31.7 Å². The second-order valence-electron chi connectivity index (χ2n) is 5.23. The number of aryl methyl sites for hydroxylation is 1. The molecular weight excluding hydrogens is 254 g/mol. The Hall–Kier alpha value is -1.39. The van der Waals surface area contributed by atoms with E-state index in [2.05, 4.69) is 29.2 Å². The number of carbonyl (C=O) groups is 1. The van der Waals surface area contributed by atoms with Crippen LogP contribution < -0.4 is 0 Å². The normalized spacial score (nSPS) is 17.9. The lowest BCUT2D eigenvalue weighted by Gasteiger charge is -2.35. The Balaban J connectivity index is 2.18. The summed E-state index contributed by atoms with van der Waals surface area (Å²) < 4.78 is 4.80. The van der Waals surface area contributed by atoms with Crippen LogP contribution >= 0.6 is 0 Å². The van der Waals surface area contributed by atoms with Crippen LogP contribution in [-0.4, -0.2) is 42.8 Å². The van der Waals surface area contributed by atoms with Crippen molar-refractivity contribution in [2.75, 3.05) is 26.8 Å². The lowest BCUT2D eigenvalue weighted by Crippen LogP contribution is -2.37. The maximum Gasteiger partial charge on any atom is 0.319 e. The maximum atomic E-state index is 11.6. The van der Waals surface area contributed by atoms with Crippen molar-refractivity contribution in [3.63, 3.8) is 0 Å². The quantitative estimate of drug-likeness (QED) is 0.807. The van der Waals surface area contributed by atoms with Crippen molar-refractivity contribution in [3.8, 4) is 0 Å². The monoisotopic (exact) mass is 277 g/mol. The third kappa shape index (κ3) is 3.58. The summed E-state index contributed by atoms with van der Waals surface area (Å²) in [5.41, 5.74) is 2.70. The second-order valence-corrected chi connectivity index (χ2v) is 5.23. The molecule has 110 valence electrons. The van der Waals surface area contributed by atoms with Crippen LogP contribution in [0.2, 0.25) is 0 Å². The molecule has 1 N–H and O–H groups in total. The molecule has 1 aliphatic rings. The molecule has 1 aromatic rings. The summed E-state index contributed by atoms with van der Waals surface area (Å²) in [6.07, 6.45) is 3.98. The number of hydrogen-bond donors (Lipinski definition) is 1. The molecular formula is C16H23NO3. The highest BCUT2D eigenvalue weighted by Crippen LogP contribution is 2.34. The van der Waals surface area contributed by atoms with Crippen LogP contribution in [0, 0.1) is 0 Å². The van der Waals surface area contributed by atoms with Gasteiger partial charge in [-0.05, 0) is 36.8 Å². The summed E-state index contributed by atoms with van der Waals surface area (Å²) >= 11 is 0. The van der Waals surface area contributed by atoms with Crippen LogP contribution in [0.1, 0.15) is 36.4 Å². The van der Waals surface area contributed by atoms with Crippen LogP contribution in [-0.2, 0) is 16.0 Å². The van der Waals surface area contributed by atoms with Gasteiger partial charge in [-0.25, -0.2) is 0 Å². The first-order valence-electron chi connectivity index (χ1n) is 7.25. The van der Waals surface area contributed by atoms with Gasteiger partial charge in [-0.1, -0.05) is 24.3 Å². The number of methoxy groups -OCH3 is 1. The number of aliphatic hydroxyl groups excluding tert-OH is 1. The highest BCUT2D eigenvalue weighted by Gasteiger charge is 2.26. The zero-order chi connectivity index (χ0) is 14.4. The summed E-state index contributed by atoms with van der Waals surface area (Å²) in [6.45, 7) is 1.14. The van der Waals surface area contributed by atoms with Gasteiger partial charge in [-0.3, -0.25) is 9.69 Å². The molecule has 2 rings (SSSR count). The molecule has 4 heteroatoms. The molecule has 1 aliphatic carbocycles. The number of fused-ring (bicyclic) bond motifs is 1. The Morgan fingerprint density at radius 1 is 1.45 bits per heavy atom. The first-order valence-corrected chi connectivity index (χ1v) is 7.25. The Morgan fingerprint density at radius 3 is 3.00 bits per heavy atom. The molecule has 20 heavy (non-hydrogen) atoms. The van der Waals surface area contributed by atoms with Gasteiger partial charge in [-0.2, -0.15) is 0 Å². The molecule has 1 aromatic carbocycles. The van der Waals surface area contributed by atoms with Gasteiger partial charge in [0.25, 0.3) is 0 Å². The lowest BCUT2D eigenvalue weighted by molar-refractivity contribution is -0.142. The lowest BCUT2D eigenvalue weighted by atomic mass is 9.86. The molecule has 0 amide bonds. The minimum Gasteiger partial charge on any atom is -0.468 e. The van der Waals surface area contributed by atoms with E-state index < -0.39 is 0 Å². The predicted octanol–water partition coefficient (Wildman–Crippen LogP) is 1.92. The molecule has 0 aliphatic heterocycles. The van der Waals surface area contributed by atoms with E-state index in [1.807, 2.05) is 0 Å². The summed E-state index contributed by atoms with van der Waals surface area (Å²) in [6, 6.07) is 8.70. The Morgan fingerprint density at radius 2 is 2.25 bits per heavy atom. The van der Waals surface area contributed by atoms with E-state index in [0.717, 1.165) is 19.3 Å². The van der Waals surface area contributed by atoms with Gasteiger partial charge in [0.15, 0.2) is 0 Å². The molecule has 0 bridgehead atoms. The van der Waals surface area contributed by atoms with Crippen molar-refractivity contribution in [1.29, 1.82) is 0 Å². The fourth-order valence-electron chi connectivity index (χ4n) is 2.96. The third-order valence-corrected chi connectivity index (χ3v) is 3.94. The number of nitrogens with zero attached hydrogens (tertiary/aromatic N) is 1. The van der Waals surface area contributed by atoms with Crippen molar-refractivity contribution >= 4 is 5.97 Å². The predicted molar refractivity (Wildman–Crippen MR) is 77.4 cm³/mol. The minimum atomic E-state index is -0.217. The standard InChI is InChI=1S/C16H23NO3/c1-20-16(19)12-17(10-5-11-18)15-9-4-7-13-6-2-3-8-14(13)15/h2-3,6,8,15,18H,4-5,7,9-12H2,1H3. The van der Waals surface area contributed by atoms with Gasteiger partial charge in [0.2, 0.25) is 0 Å². The Kier molecular flexibility index (Phi) is 5.56. The van der Waals surface area contributed by atoms with E-state index in [-0.39, 0.29) is 25.2 Å². The van der Waals surface area contributed by atoms with Gasteiger partial charge in [-0.15, -0.1) is 0 Å². The van der Waals surface area contributed by atoms with Crippen molar-refractivity contribution in [1.82, 2.24) is 4.90 Å². The summed E-state index contributed by atoms with van der Waals surface area (Å²) in [4.78, 5) is 13.8. The Bertz CT molecular complexity index is 447. The van der Waals surface area contributed by atoms with E-state index in [1.165, 1.54) is 18.2 Å². The van der Waals surface area contributed by atoms with Crippen molar-refractivity contribution in [3.05, 3.63) is 35.4 Å². The number of aliphatic hydroxyl groups is 1. The number of carbonyl (C=O) groups excluding carboxylic acids is 1. The fraction of sp³-hybridized carbons (Fsp3) is 0.562. The minimum absolute atomic E-state index is 0.145. The summed E-state index contributed by atoms with van der Waals surface area (Å²) in [5.74, 6) is -0.217.